The van der Waals surface area contributed by atoms with E-state index in [1.165, 1.54) is 0 Å². The Labute approximate surface area is 184 Å². The maximum atomic E-state index is 12.8. The van der Waals surface area contributed by atoms with Crippen LogP contribution < -0.4 is 0 Å². The average molecular weight is 471 g/mol. The Morgan fingerprint density at radius 3 is 2.55 bits per heavy atom. The number of hydrogen-bond acceptors (Lipinski definition) is 5. The molecule has 2 unspecified atom stereocenters. The molecule has 1 N–H and O–H groups in total. The van der Waals surface area contributed by atoms with E-state index >= 15 is 0 Å². The van der Waals surface area contributed by atoms with Crippen LogP contribution in [0.25, 0.3) is 0 Å². The molecule has 2 aliphatic rings. The number of nitrogens with one attached hydrogen (secondary N) is 1. The quantitative estimate of drug-likeness (QED) is 0.723. The number of hydrogen-bond donors (Lipinski definition) is 1. The van der Waals surface area contributed by atoms with Crippen LogP contribution in [0, 0.1) is 5.41 Å². The molecule has 2 fully saturated rings. The van der Waals surface area contributed by atoms with Gasteiger partial charge in [0, 0.05) is 36.1 Å². The minimum atomic E-state index is -4.50. The van der Waals surface area contributed by atoms with Crippen molar-refractivity contribution in [1.82, 2.24) is 14.3 Å². The van der Waals surface area contributed by atoms with Gasteiger partial charge in [0.1, 0.15) is 22.1 Å². The molecule has 0 aliphatic carbocycles. The van der Waals surface area contributed by atoms with E-state index in [2.05, 4.69) is 16.5 Å². The van der Waals surface area contributed by atoms with E-state index in [4.69, 9.17) is 21.7 Å². The summed E-state index contributed by atoms with van der Waals surface area (Å²) >= 11 is 6.03. The van der Waals surface area contributed by atoms with Crippen LogP contribution in [0.2, 0.25) is 5.02 Å². The van der Waals surface area contributed by atoms with Crippen LogP contribution in [-0.4, -0.2) is 42.9 Å². The van der Waals surface area contributed by atoms with E-state index in [-0.39, 0.29) is 10.7 Å². The van der Waals surface area contributed by atoms with Crippen molar-refractivity contribution in [3.8, 4) is 0 Å². The summed E-state index contributed by atoms with van der Waals surface area (Å²) in [4.78, 5) is 7.98. The lowest BCUT2D eigenvalue weighted by atomic mass is 9.85. The number of alkyl halides is 3. The van der Waals surface area contributed by atoms with Gasteiger partial charge in [0.25, 0.3) is 0 Å². The zero-order chi connectivity index (χ0) is 22.4. The van der Waals surface area contributed by atoms with Crippen molar-refractivity contribution in [1.29, 1.82) is 5.41 Å². The lowest BCUT2D eigenvalue weighted by Crippen LogP contribution is -2.45. The zero-order valence-electron chi connectivity index (χ0n) is 16.2. The van der Waals surface area contributed by atoms with Gasteiger partial charge in [0.2, 0.25) is 0 Å². The first-order valence-corrected chi connectivity index (χ1v) is 10.9. The normalized spacial score (nSPS) is 22.8. The van der Waals surface area contributed by atoms with Gasteiger partial charge in [-0.2, -0.15) is 13.2 Å². The van der Waals surface area contributed by atoms with E-state index in [9.17, 15) is 17.4 Å². The van der Waals surface area contributed by atoms with Gasteiger partial charge in [-0.1, -0.05) is 18.2 Å². The van der Waals surface area contributed by atoms with Crippen LogP contribution in [0.1, 0.15) is 30.2 Å². The summed E-state index contributed by atoms with van der Waals surface area (Å²) in [6.07, 6.45) is -2.09. The first kappa shape index (κ1) is 22.1. The number of halogens is 4. The van der Waals surface area contributed by atoms with E-state index in [0.29, 0.717) is 48.4 Å². The molecule has 4 rings (SSSR count). The Kier molecular flexibility index (Phi) is 5.76. The molecule has 4 heterocycles. The molecule has 2 atom stereocenters. The monoisotopic (exact) mass is 470 g/mol. The molecule has 1 spiro atoms. The summed E-state index contributed by atoms with van der Waals surface area (Å²) in [6, 6.07) is 5.28. The van der Waals surface area contributed by atoms with Gasteiger partial charge >= 0.3 is 6.18 Å². The minimum absolute atomic E-state index is 0.0591. The highest BCUT2D eigenvalue weighted by Gasteiger charge is 2.50. The van der Waals surface area contributed by atoms with Crippen molar-refractivity contribution in [2.45, 2.75) is 35.7 Å². The summed E-state index contributed by atoms with van der Waals surface area (Å²) < 4.78 is 58.8. The number of ether oxygens (including phenoxy) is 1. The first-order chi connectivity index (χ1) is 14.6. The number of nitrogens with zero attached hydrogens (tertiary/aromatic N) is 3. The molecule has 164 valence electrons. The lowest BCUT2D eigenvalue weighted by molar-refractivity contribution is -0.137. The molecule has 2 saturated heterocycles. The predicted octanol–water partition coefficient (Wildman–Crippen LogP) is 4.35. The molecule has 2 aliphatic heterocycles. The molecule has 6 nitrogen and oxygen atoms in total. The third-order valence-corrected chi connectivity index (χ3v) is 7.17. The molecule has 11 heteroatoms. The Hall–Kier alpha value is -2.14. The van der Waals surface area contributed by atoms with E-state index in [0.717, 1.165) is 12.1 Å². The second-order valence-electron chi connectivity index (χ2n) is 7.34. The fraction of sp³-hybridized carbons (Fsp3) is 0.350. The Balaban J connectivity index is 1.46. The Bertz CT molecular complexity index is 1050. The van der Waals surface area contributed by atoms with Crippen LogP contribution in [-0.2, 0) is 21.9 Å². The molecule has 2 aromatic rings. The van der Waals surface area contributed by atoms with Crippen LogP contribution >= 0.6 is 11.6 Å². The molecule has 31 heavy (non-hydrogen) atoms. The maximum absolute atomic E-state index is 12.8. The highest BCUT2D eigenvalue weighted by Crippen LogP contribution is 2.46. The third kappa shape index (κ3) is 4.17. The number of piperidine rings is 1. The molecule has 2 aromatic heterocycles. The van der Waals surface area contributed by atoms with E-state index in [1.807, 2.05) is 0 Å². The van der Waals surface area contributed by atoms with Crippen LogP contribution in [0.3, 0.4) is 0 Å². The van der Waals surface area contributed by atoms with Crippen molar-refractivity contribution in [3.63, 3.8) is 0 Å². The van der Waals surface area contributed by atoms with Gasteiger partial charge < -0.3 is 10.1 Å². The molecule has 0 saturated carbocycles. The number of pyridine rings is 2. The van der Waals surface area contributed by atoms with Gasteiger partial charge in [-0.25, -0.2) is 13.5 Å². The smallest absolute Gasteiger partial charge is 0.354 e. The summed E-state index contributed by atoms with van der Waals surface area (Å²) in [5.41, 5.74) is -0.359. The molecule has 0 radical (unpaired) electrons. The zero-order valence-corrected chi connectivity index (χ0v) is 17.7. The van der Waals surface area contributed by atoms with Crippen LogP contribution in [0.15, 0.2) is 53.8 Å². The second kappa shape index (κ2) is 8.09. The largest absolute Gasteiger partial charge is 0.417 e. The highest BCUT2D eigenvalue weighted by atomic mass is 35.5. The third-order valence-electron chi connectivity index (χ3n) is 5.50. The van der Waals surface area contributed by atoms with Crippen molar-refractivity contribution >= 4 is 28.3 Å². The average Bonchev–Trinajstić information content (AvgIpc) is 2.98. The summed E-state index contributed by atoms with van der Waals surface area (Å²) in [6.45, 7) is 4.74. The van der Waals surface area contributed by atoms with Crippen molar-refractivity contribution in [2.75, 3.05) is 13.1 Å². The number of aromatic nitrogens is 2. The predicted molar refractivity (Wildman–Crippen MR) is 109 cm³/mol. The summed E-state index contributed by atoms with van der Waals surface area (Å²) in [7, 11) is -1.70. The molecular weight excluding hydrogens is 453 g/mol. The highest BCUT2D eigenvalue weighted by molar-refractivity contribution is 7.82. The Morgan fingerprint density at radius 2 is 1.97 bits per heavy atom. The fourth-order valence-corrected chi connectivity index (χ4v) is 5.02. The van der Waals surface area contributed by atoms with E-state index in [1.54, 1.807) is 22.6 Å². The molecule has 0 amide bonds. The van der Waals surface area contributed by atoms with Gasteiger partial charge in [-0.05, 0) is 37.1 Å². The van der Waals surface area contributed by atoms with Crippen molar-refractivity contribution < 1.29 is 22.1 Å². The number of rotatable bonds is 3. The van der Waals surface area contributed by atoms with Gasteiger partial charge in [-0.15, -0.1) is 0 Å². The van der Waals surface area contributed by atoms with Crippen LogP contribution in [0.4, 0.5) is 13.2 Å². The molecule has 0 aromatic carbocycles. The lowest BCUT2D eigenvalue weighted by Gasteiger charge is -2.38. The van der Waals surface area contributed by atoms with Crippen molar-refractivity contribution in [3.05, 3.63) is 65.1 Å². The molecule has 0 bridgehead atoms. The summed E-state index contributed by atoms with van der Waals surface area (Å²) in [5, 5.41) is 8.99. The first-order valence-electron chi connectivity index (χ1n) is 9.38. The maximum Gasteiger partial charge on any atom is 0.417 e. The molecular formula is C20H18ClF3N4O2S. The summed E-state index contributed by atoms with van der Waals surface area (Å²) in [5.74, 6) is 0. The second-order valence-corrected chi connectivity index (χ2v) is 9.21. The topological polar surface area (TPSA) is 79.2 Å². The standard InChI is InChI=1S/C20H18ClF3N4O2S/c1-12-17(25)18(15-10-14(21)4-7-26-15)30-19(12)5-8-28(9-6-19)31(29)16-3-2-13(11-27-16)20(22,23)24/h2-4,7,10-11,18,25H,1,5-6,8-9H2. The van der Waals surface area contributed by atoms with E-state index < -0.39 is 34.4 Å². The van der Waals surface area contributed by atoms with Gasteiger partial charge in [-0.3, -0.25) is 4.98 Å². The van der Waals surface area contributed by atoms with Crippen LogP contribution in [0.5, 0.6) is 0 Å². The van der Waals surface area contributed by atoms with Crippen molar-refractivity contribution in [2.24, 2.45) is 0 Å². The van der Waals surface area contributed by atoms with Gasteiger partial charge in [0.15, 0.2) is 0 Å². The SMILES string of the molecule is C=C1C(=N)C(c2cc(Cl)ccn2)OC12CCN(S(=O)c1ccc(C(F)(F)F)cn1)CC2. The Morgan fingerprint density at radius 1 is 1.26 bits per heavy atom. The minimum Gasteiger partial charge on any atom is -0.354 e. The fourth-order valence-electron chi connectivity index (χ4n) is 3.75. The van der Waals surface area contributed by atoms with Gasteiger partial charge in [0.05, 0.1) is 22.6 Å².